The summed E-state index contributed by atoms with van der Waals surface area (Å²) in [7, 11) is 0. The van der Waals surface area contributed by atoms with Gasteiger partial charge in [0.2, 0.25) is 0 Å². The largest absolute Gasteiger partial charge is 0.466 e. The number of benzene rings is 2. The summed E-state index contributed by atoms with van der Waals surface area (Å²) in [4.78, 5) is 22.2. The highest BCUT2D eigenvalue weighted by molar-refractivity contribution is 5.76. The number of aliphatic hydroxyl groups is 1. The zero-order valence-corrected chi connectivity index (χ0v) is 25.7. The standard InChI is InChI=1S/C36H46N4O3/c1-3-43-34(42)29-23-28(29)33(41)38-18-15-35(16-19-38,25-9-5-4-6-10-25)17-20-39-32-22-27(21-26-13-14-36(26,32)39)40-24(2)37-30-11-7-8-12-31(30)40/h4-12,26-29,32-33,41H,3,13-23H2,1-2H3/t26-,27+,28-,29-,32-,33?,36?,39?/m0/s1. The normalized spacial score (nSPS) is 35.0. The van der Waals surface area contributed by atoms with Crippen LogP contribution in [0.5, 0.6) is 0 Å². The fraction of sp³-hybridized carbons (Fsp3) is 0.611. The lowest BCUT2D eigenvalue weighted by Gasteiger charge is -2.45. The number of imidazole rings is 1. The molecule has 0 bridgehead atoms. The molecule has 3 aromatic rings. The first-order valence-electron chi connectivity index (χ1n) is 16.8. The number of fused-ring (bicyclic) bond motifs is 1. The van der Waals surface area contributed by atoms with Crippen molar-refractivity contribution in [3.8, 4) is 0 Å². The lowest BCUT2D eigenvalue weighted by Crippen LogP contribution is -2.49. The van der Waals surface area contributed by atoms with Crippen LogP contribution in [0.1, 0.15) is 75.7 Å². The average Bonchev–Trinajstić information content (AvgIpc) is 3.92. The van der Waals surface area contributed by atoms with E-state index in [0.717, 1.165) is 56.2 Å². The Balaban J connectivity index is 0.960. The molecule has 5 fully saturated rings. The van der Waals surface area contributed by atoms with Gasteiger partial charge in [0.05, 0.1) is 23.6 Å². The molecule has 3 unspecified atom stereocenters. The van der Waals surface area contributed by atoms with Gasteiger partial charge >= 0.3 is 5.97 Å². The molecule has 8 atom stereocenters. The van der Waals surface area contributed by atoms with Crippen LogP contribution in [-0.4, -0.2) is 74.5 Å². The number of hydrogen-bond acceptors (Lipinski definition) is 6. The van der Waals surface area contributed by atoms with Crippen LogP contribution in [0, 0.1) is 24.7 Å². The van der Waals surface area contributed by atoms with Gasteiger partial charge in [0.25, 0.3) is 0 Å². The van der Waals surface area contributed by atoms with E-state index in [1.54, 1.807) is 0 Å². The molecule has 2 aliphatic heterocycles. The molecule has 1 spiro atoms. The number of aromatic nitrogens is 2. The second kappa shape index (κ2) is 10.4. The number of esters is 1. The Morgan fingerprint density at radius 3 is 2.56 bits per heavy atom. The molecule has 3 saturated carbocycles. The minimum absolute atomic E-state index is 0.0165. The third-order valence-corrected chi connectivity index (χ3v) is 12.4. The van der Waals surface area contributed by atoms with Gasteiger partial charge in [-0.25, -0.2) is 4.98 Å². The van der Waals surface area contributed by atoms with E-state index in [2.05, 4.69) is 75.9 Å². The summed E-state index contributed by atoms with van der Waals surface area (Å²) < 4.78 is 7.77. The van der Waals surface area contributed by atoms with E-state index >= 15 is 0 Å². The summed E-state index contributed by atoms with van der Waals surface area (Å²) in [5.74, 6) is 1.69. The number of nitrogens with zero attached hydrogens (tertiary/aromatic N) is 4. The van der Waals surface area contributed by atoms with E-state index in [4.69, 9.17) is 9.72 Å². The van der Waals surface area contributed by atoms with Crippen LogP contribution < -0.4 is 0 Å². The van der Waals surface area contributed by atoms with Crippen molar-refractivity contribution in [3.63, 3.8) is 0 Å². The summed E-state index contributed by atoms with van der Waals surface area (Å²) in [6.07, 6.45) is 8.68. The van der Waals surface area contributed by atoms with Crippen molar-refractivity contribution in [1.29, 1.82) is 0 Å². The Kier molecular flexibility index (Phi) is 6.73. The summed E-state index contributed by atoms with van der Waals surface area (Å²) >= 11 is 0. The number of aryl methyl sites for hydroxylation is 1. The highest BCUT2D eigenvalue weighted by atomic mass is 16.5. The molecular weight excluding hydrogens is 536 g/mol. The number of para-hydroxylation sites is 2. The molecule has 2 aromatic carbocycles. The number of aliphatic hydroxyl groups excluding tert-OH is 1. The number of likely N-dealkylation sites (tertiary alicyclic amines) is 2. The highest BCUT2D eigenvalue weighted by Gasteiger charge is 2.72. The Labute approximate surface area is 255 Å². The first-order chi connectivity index (χ1) is 20.9. The number of piperidine rings is 1. The van der Waals surface area contributed by atoms with Gasteiger partial charge in [-0.15, -0.1) is 0 Å². The van der Waals surface area contributed by atoms with Gasteiger partial charge < -0.3 is 14.4 Å². The quantitative estimate of drug-likeness (QED) is 0.267. The number of rotatable bonds is 9. The molecule has 2 saturated heterocycles. The highest BCUT2D eigenvalue weighted by Crippen LogP contribution is 2.67. The van der Waals surface area contributed by atoms with Crippen LogP contribution in [0.25, 0.3) is 11.0 Å². The summed E-state index contributed by atoms with van der Waals surface area (Å²) in [5.41, 5.74) is 4.44. The van der Waals surface area contributed by atoms with Gasteiger partial charge in [-0.3, -0.25) is 14.6 Å². The van der Waals surface area contributed by atoms with E-state index in [9.17, 15) is 9.90 Å². The SMILES string of the molecule is CCOC(=O)[C@H]1C[C@@H]1C(O)N1CCC(CCN2[C@H]3C[C@H](n4c(C)nc5ccccc54)C[C@@H]4CCC432)(c2ccccc2)CC1. The fourth-order valence-electron chi connectivity index (χ4n) is 9.83. The monoisotopic (exact) mass is 582 g/mol. The maximum absolute atomic E-state index is 12.2. The van der Waals surface area contributed by atoms with Crippen molar-refractivity contribution in [2.75, 3.05) is 26.2 Å². The first kappa shape index (κ1) is 27.8. The summed E-state index contributed by atoms with van der Waals surface area (Å²) in [5, 5.41) is 11.2. The maximum atomic E-state index is 12.2. The Bertz CT molecular complexity index is 1500. The molecule has 7 heteroatoms. The zero-order valence-electron chi connectivity index (χ0n) is 25.7. The van der Waals surface area contributed by atoms with Gasteiger partial charge in [-0.1, -0.05) is 42.5 Å². The summed E-state index contributed by atoms with van der Waals surface area (Å²) in [6.45, 7) is 7.33. The minimum Gasteiger partial charge on any atom is -0.466 e. The van der Waals surface area contributed by atoms with E-state index in [-0.39, 0.29) is 23.2 Å². The minimum atomic E-state index is -0.549. The van der Waals surface area contributed by atoms with Gasteiger partial charge in [-0.05, 0) is 101 Å². The molecule has 0 radical (unpaired) electrons. The lowest BCUT2D eigenvalue weighted by atomic mass is 9.63. The molecule has 43 heavy (non-hydrogen) atoms. The molecular formula is C36H46N4O3. The second-order valence-electron chi connectivity index (χ2n) is 14.2. The lowest BCUT2D eigenvalue weighted by molar-refractivity contribution is -0.146. The van der Waals surface area contributed by atoms with Crippen LogP contribution in [0.3, 0.4) is 0 Å². The van der Waals surface area contributed by atoms with Gasteiger partial charge in [-0.2, -0.15) is 0 Å². The van der Waals surface area contributed by atoms with Gasteiger partial charge in [0.15, 0.2) is 0 Å². The van der Waals surface area contributed by atoms with Crippen molar-refractivity contribution in [2.24, 2.45) is 17.8 Å². The van der Waals surface area contributed by atoms with E-state index in [1.165, 1.54) is 43.2 Å². The smallest absolute Gasteiger partial charge is 0.309 e. The topological polar surface area (TPSA) is 70.6 Å². The Morgan fingerprint density at radius 2 is 1.81 bits per heavy atom. The number of ether oxygens (including phenoxy) is 1. The average molecular weight is 583 g/mol. The second-order valence-corrected chi connectivity index (χ2v) is 14.2. The van der Waals surface area contributed by atoms with Crippen LogP contribution in [0.15, 0.2) is 54.6 Å². The van der Waals surface area contributed by atoms with Crippen molar-refractivity contribution in [2.45, 2.75) is 94.5 Å². The molecule has 0 amide bonds. The Morgan fingerprint density at radius 1 is 1.05 bits per heavy atom. The van der Waals surface area contributed by atoms with Gasteiger partial charge in [0.1, 0.15) is 12.1 Å². The third-order valence-electron chi connectivity index (χ3n) is 12.4. The molecule has 1 aromatic heterocycles. The van der Waals surface area contributed by atoms with Crippen LogP contribution in [0.4, 0.5) is 0 Å². The molecule has 8 rings (SSSR count). The van der Waals surface area contributed by atoms with Crippen molar-refractivity contribution in [3.05, 3.63) is 66.0 Å². The number of carbonyl (C=O) groups is 1. The zero-order chi connectivity index (χ0) is 29.3. The number of carbonyl (C=O) groups excluding carboxylic acids is 1. The van der Waals surface area contributed by atoms with Crippen LogP contribution >= 0.6 is 0 Å². The summed E-state index contributed by atoms with van der Waals surface area (Å²) in [6, 6.07) is 21.0. The maximum Gasteiger partial charge on any atom is 0.309 e. The van der Waals surface area contributed by atoms with Gasteiger partial charge in [0, 0.05) is 36.6 Å². The van der Waals surface area contributed by atoms with Crippen LogP contribution in [0.2, 0.25) is 0 Å². The predicted molar refractivity (Wildman–Crippen MR) is 166 cm³/mol. The van der Waals surface area contributed by atoms with E-state index in [1.807, 2.05) is 6.92 Å². The fourth-order valence-corrected chi connectivity index (χ4v) is 9.83. The predicted octanol–water partition coefficient (Wildman–Crippen LogP) is 5.45. The molecule has 7 nitrogen and oxygen atoms in total. The Hall–Kier alpha value is -2.74. The van der Waals surface area contributed by atoms with E-state index in [0.29, 0.717) is 24.2 Å². The molecule has 3 aliphatic carbocycles. The van der Waals surface area contributed by atoms with Crippen molar-refractivity contribution in [1.82, 2.24) is 19.4 Å². The van der Waals surface area contributed by atoms with Crippen molar-refractivity contribution < 1.29 is 14.6 Å². The molecule has 228 valence electrons. The van der Waals surface area contributed by atoms with Crippen LogP contribution in [-0.2, 0) is 14.9 Å². The molecule has 3 heterocycles. The first-order valence-corrected chi connectivity index (χ1v) is 16.8. The molecule has 1 N–H and O–H groups in total. The molecule has 5 aliphatic rings. The van der Waals surface area contributed by atoms with E-state index < -0.39 is 6.23 Å². The van der Waals surface area contributed by atoms with Crippen molar-refractivity contribution >= 4 is 17.0 Å². The third kappa shape index (κ3) is 4.40. The number of hydrogen-bond donors (Lipinski definition) is 1.